The van der Waals surface area contributed by atoms with E-state index in [1.807, 2.05) is 94.5 Å². The van der Waals surface area contributed by atoms with Crippen molar-refractivity contribution in [1.82, 2.24) is 4.90 Å². The van der Waals surface area contributed by atoms with E-state index in [-0.39, 0.29) is 23.0 Å². The van der Waals surface area contributed by atoms with Crippen LogP contribution in [0.2, 0.25) is 0 Å². The summed E-state index contributed by atoms with van der Waals surface area (Å²) in [6, 6.07) is 16.8. The van der Waals surface area contributed by atoms with E-state index in [9.17, 15) is 30.0 Å². The minimum atomic E-state index is -10.7. The van der Waals surface area contributed by atoms with Gasteiger partial charge in [-0.2, -0.15) is 0 Å². The SMILES string of the molecule is CCN(CC)C(=O)c1ccccc1Oc1ccccc1.F[P-](F)(F)(F)(F)F.[CH]1[CH][CH][CH][CH]1.[Fe+2]. The first-order valence-corrected chi connectivity index (χ1v) is 11.6. The number of para-hydroxylation sites is 2. The largest absolute Gasteiger partial charge is 2.00 e. The van der Waals surface area contributed by atoms with Gasteiger partial charge in [-0.3, -0.25) is 4.79 Å². The van der Waals surface area contributed by atoms with Gasteiger partial charge < -0.3 is 9.64 Å². The molecule has 0 bridgehead atoms. The Hall–Kier alpha value is -1.76. The first-order chi connectivity index (χ1) is 14.7. The molecule has 0 unspecified atom stereocenters. The van der Waals surface area contributed by atoms with Gasteiger partial charge in [0.15, 0.2) is 0 Å². The van der Waals surface area contributed by atoms with E-state index >= 15 is 0 Å². The maximum absolute atomic E-state index is 12.5. The van der Waals surface area contributed by atoms with Gasteiger partial charge in [0, 0.05) is 13.1 Å². The summed E-state index contributed by atoms with van der Waals surface area (Å²) in [5.74, 6) is 1.32. The molecule has 33 heavy (non-hydrogen) atoms. The van der Waals surface area contributed by atoms with Crippen molar-refractivity contribution in [2.24, 2.45) is 0 Å². The zero-order valence-corrected chi connectivity index (χ0v) is 19.8. The molecule has 0 spiro atoms. The summed E-state index contributed by atoms with van der Waals surface area (Å²) in [6.07, 6.45) is 10.0. The van der Waals surface area contributed by atoms with E-state index in [4.69, 9.17) is 4.74 Å². The molecule has 2 aromatic rings. The Kier molecular flexibility index (Phi) is 12.0. The predicted molar refractivity (Wildman–Crippen MR) is 115 cm³/mol. The van der Waals surface area contributed by atoms with Crippen LogP contribution in [0.4, 0.5) is 25.2 Å². The minimum Gasteiger partial charge on any atom is -0.0312 e. The molecule has 1 aliphatic carbocycles. The van der Waals surface area contributed by atoms with Gasteiger partial charge in [-0.05, 0) is 70.2 Å². The van der Waals surface area contributed by atoms with Crippen LogP contribution in [0.5, 0.6) is 11.5 Å². The van der Waals surface area contributed by atoms with Crippen LogP contribution in [-0.4, -0.2) is 23.9 Å². The Labute approximate surface area is 201 Å². The van der Waals surface area contributed by atoms with Crippen molar-refractivity contribution in [1.29, 1.82) is 0 Å². The molecule has 0 heterocycles. The van der Waals surface area contributed by atoms with Crippen molar-refractivity contribution >= 4 is 13.7 Å². The standard InChI is InChI=1S/C17H19NO2.C5H5.F6P.Fe/c1-3-18(4-2)17(19)15-12-8-9-13-16(15)20-14-10-6-5-7-11-14;1-2-4-5-3-1;1-7(2,3,4,5)6;/h5-13H,3-4H2,1-2H3;1-5H;;/q;;-1;+2. The number of carbonyl (C=O) groups excluding carboxylic acids is 1. The molecule has 0 atom stereocenters. The second kappa shape index (κ2) is 12.6. The zero-order valence-electron chi connectivity index (χ0n) is 17.8. The zero-order chi connectivity index (χ0) is 24.3. The van der Waals surface area contributed by atoms with Crippen LogP contribution in [0.15, 0.2) is 54.6 Å². The molecule has 2 aromatic carbocycles. The average molecular weight is 535 g/mol. The quantitative estimate of drug-likeness (QED) is 0.219. The molecule has 0 aromatic heterocycles. The van der Waals surface area contributed by atoms with Crippen LogP contribution in [0.3, 0.4) is 0 Å². The molecule has 5 radical (unpaired) electrons. The molecule has 1 saturated carbocycles. The molecule has 11 heteroatoms. The maximum atomic E-state index is 12.5. The van der Waals surface area contributed by atoms with E-state index in [2.05, 4.69) is 0 Å². The molecule has 0 saturated heterocycles. The fourth-order valence-corrected chi connectivity index (χ4v) is 2.35. The first kappa shape index (κ1) is 31.2. The summed E-state index contributed by atoms with van der Waals surface area (Å²) in [7, 11) is -10.7. The number of hydrogen-bond acceptors (Lipinski definition) is 2. The van der Waals surface area contributed by atoms with Crippen molar-refractivity contribution in [2.45, 2.75) is 13.8 Å². The first-order valence-electron chi connectivity index (χ1n) is 9.55. The van der Waals surface area contributed by atoms with Crippen LogP contribution in [0, 0.1) is 32.1 Å². The van der Waals surface area contributed by atoms with E-state index in [0.29, 0.717) is 24.4 Å². The number of rotatable bonds is 5. The van der Waals surface area contributed by atoms with Crippen LogP contribution in [0.25, 0.3) is 0 Å². The van der Waals surface area contributed by atoms with Gasteiger partial charge in [-0.1, -0.05) is 30.3 Å². The molecular formula is C22H24F6FeNO2P+. The summed E-state index contributed by atoms with van der Waals surface area (Å²) in [4.78, 5) is 14.2. The summed E-state index contributed by atoms with van der Waals surface area (Å²) < 4.78 is 65.0. The van der Waals surface area contributed by atoms with Crippen LogP contribution in [-0.2, 0) is 17.1 Å². The fraction of sp³-hybridized carbons (Fsp3) is 0.182. The van der Waals surface area contributed by atoms with Crippen molar-refractivity contribution < 1.29 is 51.8 Å². The molecule has 3 nitrogen and oxygen atoms in total. The Morgan fingerprint density at radius 2 is 1.15 bits per heavy atom. The van der Waals surface area contributed by atoms with E-state index in [1.165, 1.54) is 0 Å². The third-order valence-electron chi connectivity index (χ3n) is 3.69. The fourth-order valence-electron chi connectivity index (χ4n) is 2.35. The van der Waals surface area contributed by atoms with Gasteiger partial charge in [-0.15, -0.1) is 0 Å². The van der Waals surface area contributed by atoms with Gasteiger partial charge in [0.2, 0.25) is 0 Å². The number of benzene rings is 2. The summed E-state index contributed by atoms with van der Waals surface area (Å²) >= 11 is 0. The van der Waals surface area contributed by atoms with Gasteiger partial charge in [0.05, 0.1) is 5.56 Å². The molecular weight excluding hydrogens is 511 g/mol. The Morgan fingerprint density at radius 1 is 0.758 bits per heavy atom. The summed E-state index contributed by atoms with van der Waals surface area (Å²) in [5, 5.41) is 0. The number of nitrogens with zero attached hydrogens (tertiary/aromatic N) is 1. The van der Waals surface area contributed by atoms with Crippen LogP contribution < -0.4 is 4.74 Å². The van der Waals surface area contributed by atoms with Crippen molar-refractivity contribution in [3.8, 4) is 11.5 Å². The summed E-state index contributed by atoms with van der Waals surface area (Å²) in [5.41, 5.74) is 0.597. The van der Waals surface area contributed by atoms with Gasteiger partial charge in [0.1, 0.15) is 11.5 Å². The predicted octanol–water partition coefficient (Wildman–Crippen LogP) is 8.36. The average Bonchev–Trinajstić information content (AvgIpc) is 3.28. The molecule has 1 aliphatic rings. The van der Waals surface area contributed by atoms with Crippen LogP contribution in [0.1, 0.15) is 24.2 Å². The monoisotopic (exact) mass is 535 g/mol. The number of ether oxygens (including phenoxy) is 1. The van der Waals surface area contributed by atoms with E-state index < -0.39 is 7.81 Å². The normalized spacial score (nSPS) is 14.7. The second-order valence-electron chi connectivity index (χ2n) is 6.31. The van der Waals surface area contributed by atoms with Gasteiger partial charge in [0.25, 0.3) is 5.91 Å². The third-order valence-corrected chi connectivity index (χ3v) is 3.69. The van der Waals surface area contributed by atoms with Crippen LogP contribution >= 0.6 is 7.81 Å². The topological polar surface area (TPSA) is 29.5 Å². The molecule has 3 rings (SSSR count). The Balaban J connectivity index is 0.000000648. The molecule has 1 fully saturated rings. The molecule has 0 N–H and O–H groups in total. The van der Waals surface area contributed by atoms with Crippen molar-refractivity contribution in [3.63, 3.8) is 0 Å². The molecule has 183 valence electrons. The maximum Gasteiger partial charge on any atom is 2.00 e. The Bertz CT molecular complexity index is 824. The second-order valence-corrected chi connectivity index (χ2v) is 8.23. The number of amides is 1. The Morgan fingerprint density at radius 3 is 1.58 bits per heavy atom. The van der Waals surface area contributed by atoms with E-state index in [0.717, 1.165) is 5.75 Å². The summed E-state index contributed by atoms with van der Waals surface area (Å²) in [6.45, 7) is 5.33. The van der Waals surface area contributed by atoms with Crippen molar-refractivity contribution in [3.05, 3.63) is 92.3 Å². The third kappa shape index (κ3) is 16.5. The number of halogens is 6. The number of hydrogen-bond donors (Lipinski definition) is 0. The van der Waals surface area contributed by atoms with Gasteiger partial charge in [-0.25, -0.2) is 0 Å². The van der Waals surface area contributed by atoms with Crippen molar-refractivity contribution in [2.75, 3.05) is 13.1 Å². The number of carbonyl (C=O) groups is 1. The van der Waals surface area contributed by atoms with Gasteiger partial charge >= 0.3 is 50.1 Å². The smallest absolute Gasteiger partial charge is 0.0312 e. The van der Waals surface area contributed by atoms with E-state index in [1.54, 1.807) is 11.0 Å². The molecule has 0 aliphatic heterocycles. The molecule has 1 amide bonds. The minimum absolute atomic E-state index is 0.